The van der Waals surface area contributed by atoms with Gasteiger partial charge in [-0.15, -0.1) is 0 Å². The number of hydrogen-bond donors (Lipinski definition) is 0. The van der Waals surface area contributed by atoms with Crippen molar-refractivity contribution >= 4 is 108 Å². The first kappa shape index (κ1) is 57.1. The Labute approximate surface area is 575 Å². The zero-order valence-electron chi connectivity index (χ0n) is 55.6. The van der Waals surface area contributed by atoms with Crippen molar-refractivity contribution in [2.75, 3.05) is 0 Å². The molecule has 1 heterocycles. The standard InChI is InChI=1S/C51H34O.C47H32/c1-51(2)45-25-23-34(29-42(45)43-27-31-13-3-4-14-32(31)30-46(43)51)49-38-18-7-9-20-40(38)50(41-21-10-8-19-39(41)49)37-17-6-5-15-35(37)33-24-26-48-44(28-33)36-16-11-12-22-47(36)52-48;1-47(2)43-25-23-32(27-41(43)42-26-30-13-3-4-14-31(30)28-44(42)47)45-37-16-7-9-18-39(37)46(40-19-10-8-17-38(40)45)36-21-11-20-34-33-15-6-5-12-29(33)22-24-35(34)36/h3-30H,1-2H3;3-28H,1-2H3. The van der Waals surface area contributed by atoms with Gasteiger partial charge in [0, 0.05) is 21.6 Å². The van der Waals surface area contributed by atoms with Crippen LogP contribution in [0.2, 0.25) is 0 Å². The third-order valence-corrected chi connectivity index (χ3v) is 22.5. The van der Waals surface area contributed by atoms with Crippen LogP contribution in [0, 0.1) is 0 Å². The van der Waals surface area contributed by atoms with Crippen molar-refractivity contribution in [2.24, 2.45) is 0 Å². The van der Waals surface area contributed by atoms with Gasteiger partial charge in [-0.2, -0.15) is 0 Å². The molecule has 1 heteroatoms. The molecule has 0 aliphatic heterocycles. The first-order valence-corrected chi connectivity index (χ1v) is 34.8. The van der Waals surface area contributed by atoms with Gasteiger partial charge in [0.2, 0.25) is 0 Å². The van der Waals surface area contributed by atoms with Gasteiger partial charge in [0.15, 0.2) is 0 Å². The predicted octanol–water partition coefficient (Wildman–Crippen LogP) is 27.4. The molecule has 0 spiro atoms. The van der Waals surface area contributed by atoms with Crippen molar-refractivity contribution in [1.29, 1.82) is 0 Å². The van der Waals surface area contributed by atoms with Gasteiger partial charge >= 0.3 is 0 Å². The highest BCUT2D eigenvalue weighted by Gasteiger charge is 2.38. The lowest BCUT2D eigenvalue weighted by Gasteiger charge is -2.22. The number of para-hydroxylation sites is 1. The molecular weight excluding hydrogens is 1190 g/mol. The fourth-order valence-corrected chi connectivity index (χ4v) is 17.7. The summed E-state index contributed by atoms with van der Waals surface area (Å²) in [6.45, 7) is 9.49. The molecule has 0 saturated heterocycles. The van der Waals surface area contributed by atoms with E-state index < -0.39 is 0 Å². The van der Waals surface area contributed by atoms with Crippen molar-refractivity contribution in [1.82, 2.24) is 0 Å². The highest BCUT2D eigenvalue weighted by molar-refractivity contribution is 6.26. The van der Waals surface area contributed by atoms with E-state index in [0.717, 1.165) is 21.9 Å². The molecule has 2 aliphatic carbocycles. The Kier molecular flexibility index (Phi) is 12.5. The van der Waals surface area contributed by atoms with E-state index in [1.54, 1.807) is 0 Å². The van der Waals surface area contributed by atoms with E-state index >= 15 is 0 Å². The fraction of sp³-hybridized carbons (Fsp3) is 0.0612. The molecule has 0 radical (unpaired) electrons. The average Bonchev–Trinajstić information content (AvgIpc) is 1.68. The maximum atomic E-state index is 6.21. The second-order valence-corrected chi connectivity index (χ2v) is 28.5. The van der Waals surface area contributed by atoms with Crippen LogP contribution in [0.4, 0.5) is 0 Å². The van der Waals surface area contributed by atoms with E-state index in [1.165, 1.54) is 186 Å². The lowest BCUT2D eigenvalue weighted by Crippen LogP contribution is -2.14. The molecule has 21 rings (SSSR count). The van der Waals surface area contributed by atoms with E-state index in [4.69, 9.17) is 4.42 Å². The minimum atomic E-state index is -0.0727. The van der Waals surface area contributed by atoms with Gasteiger partial charge < -0.3 is 4.42 Å². The molecule has 0 atom stereocenters. The predicted molar refractivity (Wildman–Crippen MR) is 423 cm³/mol. The van der Waals surface area contributed by atoms with Crippen LogP contribution in [-0.4, -0.2) is 0 Å². The maximum absolute atomic E-state index is 6.21. The van der Waals surface area contributed by atoms with Crippen molar-refractivity contribution < 1.29 is 4.42 Å². The average molecular weight is 1260 g/mol. The number of furan rings is 1. The Morgan fingerprint density at radius 1 is 0.182 bits per heavy atom. The summed E-state index contributed by atoms with van der Waals surface area (Å²) in [5, 5.41) is 22.8. The van der Waals surface area contributed by atoms with Crippen LogP contribution in [-0.2, 0) is 10.8 Å². The largest absolute Gasteiger partial charge is 0.456 e. The van der Waals surface area contributed by atoms with Crippen LogP contribution in [0.3, 0.4) is 0 Å². The Hall–Kier alpha value is -12.2. The van der Waals surface area contributed by atoms with Gasteiger partial charge in [-0.05, 0) is 241 Å². The molecule has 1 aromatic heterocycles. The summed E-state index contributed by atoms with van der Waals surface area (Å²) < 4.78 is 6.21. The fourth-order valence-electron chi connectivity index (χ4n) is 17.7. The molecule has 0 bridgehead atoms. The van der Waals surface area contributed by atoms with Crippen LogP contribution in [0.1, 0.15) is 49.9 Å². The molecular formula is C98H66O. The molecule has 18 aromatic carbocycles. The molecule has 99 heavy (non-hydrogen) atoms. The molecule has 0 N–H and O–H groups in total. The molecule has 0 saturated carbocycles. The minimum Gasteiger partial charge on any atom is -0.456 e. The molecule has 464 valence electrons. The van der Waals surface area contributed by atoms with Gasteiger partial charge in [-0.25, -0.2) is 0 Å². The van der Waals surface area contributed by atoms with Gasteiger partial charge in [0.05, 0.1) is 0 Å². The summed E-state index contributed by atoms with van der Waals surface area (Å²) in [5.74, 6) is 0. The van der Waals surface area contributed by atoms with E-state index in [2.05, 4.69) is 343 Å². The van der Waals surface area contributed by atoms with Crippen LogP contribution >= 0.6 is 0 Å². The Balaban J connectivity index is 0.000000135. The van der Waals surface area contributed by atoms with Gasteiger partial charge in [-0.1, -0.05) is 301 Å². The minimum absolute atomic E-state index is 0.0558. The molecule has 19 aromatic rings. The summed E-state index contributed by atoms with van der Waals surface area (Å²) in [6, 6.07) is 122. The summed E-state index contributed by atoms with van der Waals surface area (Å²) in [6.07, 6.45) is 0. The molecule has 1 nitrogen and oxygen atoms in total. The van der Waals surface area contributed by atoms with Crippen molar-refractivity contribution in [3.63, 3.8) is 0 Å². The third-order valence-electron chi connectivity index (χ3n) is 22.5. The van der Waals surface area contributed by atoms with Crippen LogP contribution < -0.4 is 0 Å². The van der Waals surface area contributed by atoms with Gasteiger partial charge in [0.1, 0.15) is 11.2 Å². The van der Waals surface area contributed by atoms with Crippen LogP contribution in [0.25, 0.3) is 186 Å². The molecule has 0 unspecified atom stereocenters. The van der Waals surface area contributed by atoms with Crippen LogP contribution in [0.15, 0.2) is 332 Å². The number of benzene rings is 18. The molecule has 0 amide bonds. The quantitative estimate of drug-likeness (QED) is 0.124. The summed E-state index contributed by atoms with van der Waals surface area (Å²) in [7, 11) is 0. The summed E-state index contributed by atoms with van der Waals surface area (Å²) in [4.78, 5) is 0. The zero-order valence-corrected chi connectivity index (χ0v) is 55.6. The third kappa shape index (κ3) is 8.60. The summed E-state index contributed by atoms with van der Waals surface area (Å²) >= 11 is 0. The van der Waals surface area contributed by atoms with E-state index in [0.29, 0.717) is 0 Å². The van der Waals surface area contributed by atoms with Crippen LogP contribution in [0.5, 0.6) is 0 Å². The number of fused-ring (bicyclic) bond motifs is 18. The van der Waals surface area contributed by atoms with Gasteiger partial charge in [-0.3, -0.25) is 0 Å². The lowest BCUT2D eigenvalue weighted by atomic mass is 9.81. The first-order valence-electron chi connectivity index (χ1n) is 34.8. The smallest absolute Gasteiger partial charge is 0.135 e. The number of rotatable bonds is 5. The molecule has 0 fully saturated rings. The van der Waals surface area contributed by atoms with E-state index in [9.17, 15) is 0 Å². The normalized spacial score (nSPS) is 13.4. The Morgan fingerprint density at radius 2 is 0.545 bits per heavy atom. The van der Waals surface area contributed by atoms with Crippen molar-refractivity contribution in [3.05, 3.63) is 350 Å². The molecule has 2 aliphatic rings. The summed E-state index contributed by atoms with van der Waals surface area (Å²) in [5.41, 5.74) is 25.3. The van der Waals surface area contributed by atoms with Crippen molar-refractivity contribution in [2.45, 2.75) is 38.5 Å². The Bertz CT molecular complexity index is 6550. The van der Waals surface area contributed by atoms with E-state index in [-0.39, 0.29) is 10.8 Å². The second kappa shape index (κ2) is 21.7. The van der Waals surface area contributed by atoms with E-state index in [1.807, 2.05) is 12.1 Å². The monoisotopic (exact) mass is 1260 g/mol. The zero-order chi connectivity index (χ0) is 65.8. The van der Waals surface area contributed by atoms with Gasteiger partial charge in [0.25, 0.3) is 0 Å². The lowest BCUT2D eigenvalue weighted by molar-refractivity contribution is 0.661. The highest BCUT2D eigenvalue weighted by atomic mass is 16.3. The topological polar surface area (TPSA) is 13.1 Å². The number of hydrogen-bond acceptors (Lipinski definition) is 1. The SMILES string of the molecule is CC1(C)c2ccc(-c3c4ccccc4c(-c4cccc5c4ccc4ccccc45)c4ccccc34)cc2-c2cc3ccccc3cc21.CC1(C)c2ccc(-c3c4ccccc4c(-c4ccccc4-c4ccc5oc6ccccc6c5c4)c4ccccc34)cc2-c2cc3ccccc3cc21. The van der Waals surface area contributed by atoms with Crippen molar-refractivity contribution in [3.8, 4) is 77.9 Å². The first-order chi connectivity index (χ1) is 48.6. The highest BCUT2D eigenvalue weighted by Crippen LogP contribution is 2.56. The Morgan fingerprint density at radius 3 is 1.06 bits per heavy atom. The maximum Gasteiger partial charge on any atom is 0.135 e. The second-order valence-electron chi connectivity index (χ2n) is 28.5.